The number of anilines is 1. The number of benzene rings is 1. The SMILES string of the molecule is Cc1cccc(NC[C@@H]2CCN(Cc3ccc4c(c3)OC(=O)C4)C2)n1. The summed E-state index contributed by atoms with van der Waals surface area (Å²) in [6.07, 6.45) is 1.60. The molecule has 3 heterocycles. The van der Waals surface area contributed by atoms with E-state index < -0.39 is 0 Å². The number of carbonyl (C=O) groups is 1. The Morgan fingerprint density at radius 1 is 1.32 bits per heavy atom. The van der Waals surface area contributed by atoms with Crippen LogP contribution in [0.2, 0.25) is 0 Å². The molecule has 0 radical (unpaired) electrons. The number of nitrogens with zero attached hydrogens (tertiary/aromatic N) is 2. The van der Waals surface area contributed by atoms with Gasteiger partial charge >= 0.3 is 5.97 Å². The molecule has 0 aliphatic carbocycles. The van der Waals surface area contributed by atoms with Crippen molar-refractivity contribution in [1.29, 1.82) is 0 Å². The second-order valence-electron chi connectivity index (χ2n) is 7.03. The van der Waals surface area contributed by atoms with Crippen molar-refractivity contribution in [3.8, 4) is 5.75 Å². The quantitative estimate of drug-likeness (QED) is 0.672. The van der Waals surface area contributed by atoms with Gasteiger partial charge in [-0.15, -0.1) is 0 Å². The Morgan fingerprint density at radius 2 is 2.24 bits per heavy atom. The van der Waals surface area contributed by atoms with Gasteiger partial charge in [-0.3, -0.25) is 9.69 Å². The average Bonchev–Trinajstić information content (AvgIpc) is 3.18. The molecule has 1 aromatic carbocycles. The third-order valence-electron chi connectivity index (χ3n) is 4.93. The van der Waals surface area contributed by atoms with E-state index in [2.05, 4.69) is 21.3 Å². The molecule has 130 valence electrons. The first kappa shape index (κ1) is 16.1. The van der Waals surface area contributed by atoms with Gasteiger partial charge in [0.25, 0.3) is 0 Å². The number of carbonyl (C=O) groups excluding carboxylic acids is 1. The average molecular weight is 337 g/mol. The Balaban J connectivity index is 1.29. The molecule has 1 atom stereocenters. The van der Waals surface area contributed by atoms with Crippen LogP contribution in [0.1, 0.15) is 23.2 Å². The third-order valence-corrected chi connectivity index (χ3v) is 4.93. The van der Waals surface area contributed by atoms with Crippen LogP contribution < -0.4 is 10.1 Å². The summed E-state index contributed by atoms with van der Waals surface area (Å²) >= 11 is 0. The standard InChI is InChI=1S/C20H23N3O2/c1-14-3-2-4-19(22-14)21-11-16-7-8-23(13-16)12-15-5-6-17-10-20(24)25-18(17)9-15/h2-6,9,16H,7-8,10-13H2,1H3,(H,21,22)/t16-/m0/s1. The highest BCUT2D eigenvalue weighted by atomic mass is 16.5. The Labute approximate surface area is 148 Å². The molecule has 0 bridgehead atoms. The van der Waals surface area contributed by atoms with Crippen molar-refractivity contribution in [2.75, 3.05) is 25.0 Å². The lowest BCUT2D eigenvalue weighted by atomic mass is 10.1. The third kappa shape index (κ3) is 3.82. The van der Waals surface area contributed by atoms with Crippen LogP contribution in [0.5, 0.6) is 5.75 Å². The number of nitrogens with one attached hydrogen (secondary N) is 1. The van der Waals surface area contributed by atoms with Gasteiger partial charge in [-0.1, -0.05) is 18.2 Å². The summed E-state index contributed by atoms with van der Waals surface area (Å²) in [4.78, 5) is 18.3. The van der Waals surface area contributed by atoms with Crippen LogP contribution in [0.3, 0.4) is 0 Å². The first-order valence-electron chi connectivity index (χ1n) is 8.88. The van der Waals surface area contributed by atoms with E-state index >= 15 is 0 Å². The summed E-state index contributed by atoms with van der Waals surface area (Å²) in [7, 11) is 0. The second kappa shape index (κ2) is 6.84. The number of ether oxygens (including phenoxy) is 1. The van der Waals surface area contributed by atoms with Crippen molar-refractivity contribution in [2.45, 2.75) is 26.3 Å². The molecule has 5 heteroatoms. The summed E-state index contributed by atoms with van der Waals surface area (Å²) in [6.45, 7) is 6.05. The van der Waals surface area contributed by atoms with E-state index in [-0.39, 0.29) is 5.97 Å². The van der Waals surface area contributed by atoms with Crippen molar-refractivity contribution in [3.63, 3.8) is 0 Å². The smallest absolute Gasteiger partial charge is 0.315 e. The lowest BCUT2D eigenvalue weighted by Gasteiger charge is -2.17. The molecule has 5 nitrogen and oxygen atoms in total. The predicted molar refractivity (Wildman–Crippen MR) is 96.6 cm³/mol. The fourth-order valence-corrected chi connectivity index (χ4v) is 3.62. The highest BCUT2D eigenvalue weighted by Crippen LogP contribution is 2.28. The van der Waals surface area contributed by atoms with E-state index in [0.29, 0.717) is 12.3 Å². The Morgan fingerprint density at radius 3 is 3.12 bits per heavy atom. The number of hydrogen-bond acceptors (Lipinski definition) is 5. The van der Waals surface area contributed by atoms with Crippen molar-refractivity contribution in [2.24, 2.45) is 5.92 Å². The highest BCUT2D eigenvalue weighted by molar-refractivity contribution is 5.81. The number of likely N-dealkylation sites (tertiary alicyclic amines) is 1. The van der Waals surface area contributed by atoms with Crippen LogP contribution in [0.25, 0.3) is 0 Å². The lowest BCUT2D eigenvalue weighted by molar-refractivity contribution is -0.131. The maximum absolute atomic E-state index is 11.4. The molecule has 0 saturated carbocycles. The molecule has 2 aromatic rings. The maximum Gasteiger partial charge on any atom is 0.315 e. The summed E-state index contributed by atoms with van der Waals surface area (Å²) < 4.78 is 5.26. The monoisotopic (exact) mass is 337 g/mol. The van der Waals surface area contributed by atoms with E-state index in [4.69, 9.17) is 4.74 Å². The molecule has 2 aliphatic rings. The van der Waals surface area contributed by atoms with Crippen LogP contribution in [0.15, 0.2) is 36.4 Å². The summed E-state index contributed by atoms with van der Waals surface area (Å²) in [5.41, 5.74) is 3.25. The van der Waals surface area contributed by atoms with Gasteiger partial charge in [0.15, 0.2) is 0 Å². The Hall–Kier alpha value is -2.40. The molecule has 4 rings (SSSR count). The first-order valence-corrected chi connectivity index (χ1v) is 8.88. The van der Waals surface area contributed by atoms with E-state index in [9.17, 15) is 4.79 Å². The normalized spacial score (nSPS) is 19.7. The second-order valence-corrected chi connectivity index (χ2v) is 7.03. The van der Waals surface area contributed by atoms with Gasteiger partial charge in [0.05, 0.1) is 6.42 Å². The minimum atomic E-state index is -0.149. The molecule has 1 saturated heterocycles. The molecular weight excluding hydrogens is 314 g/mol. The summed E-state index contributed by atoms with van der Waals surface area (Å²) in [5.74, 6) is 2.18. The zero-order chi connectivity index (χ0) is 17.2. The molecule has 1 fully saturated rings. The number of aryl methyl sites for hydroxylation is 1. The number of esters is 1. The highest BCUT2D eigenvalue weighted by Gasteiger charge is 2.24. The molecule has 0 unspecified atom stereocenters. The minimum absolute atomic E-state index is 0.149. The largest absolute Gasteiger partial charge is 0.426 e. The number of hydrogen-bond donors (Lipinski definition) is 1. The Kier molecular flexibility index (Phi) is 4.40. The van der Waals surface area contributed by atoms with Crippen LogP contribution in [-0.4, -0.2) is 35.5 Å². The van der Waals surface area contributed by atoms with E-state index in [0.717, 1.165) is 49.0 Å². The van der Waals surface area contributed by atoms with Crippen LogP contribution >= 0.6 is 0 Å². The van der Waals surface area contributed by atoms with Gasteiger partial charge in [0, 0.05) is 30.9 Å². The number of fused-ring (bicyclic) bond motifs is 1. The molecular formula is C20H23N3O2. The fourth-order valence-electron chi connectivity index (χ4n) is 3.62. The predicted octanol–water partition coefficient (Wildman–Crippen LogP) is 2.79. The van der Waals surface area contributed by atoms with Crippen molar-refractivity contribution in [3.05, 3.63) is 53.2 Å². The van der Waals surface area contributed by atoms with Crippen molar-refractivity contribution >= 4 is 11.8 Å². The molecule has 2 aliphatic heterocycles. The summed E-state index contributed by atoms with van der Waals surface area (Å²) in [5, 5.41) is 3.46. The molecule has 1 aromatic heterocycles. The molecule has 0 amide bonds. The van der Waals surface area contributed by atoms with E-state index in [1.165, 1.54) is 12.0 Å². The van der Waals surface area contributed by atoms with Gasteiger partial charge in [0.2, 0.25) is 0 Å². The van der Waals surface area contributed by atoms with Gasteiger partial charge < -0.3 is 10.1 Å². The lowest BCUT2D eigenvalue weighted by Crippen LogP contribution is -2.22. The minimum Gasteiger partial charge on any atom is -0.426 e. The van der Waals surface area contributed by atoms with Gasteiger partial charge in [-0.2, -0.15) is 0 Å². The first-order chi connectivity index (χ1) is 12.2. The van der Waals surface area contributed by atoms with Crippen molar-refractivity contribution < 1.29 is 9.53 Å². The topological polar surface area (TPSA) is 54.5 Å². The number of rotatable bonds is 5. The number of pyridine rings is 1. The van der Waals surface area contributed by atoms with E-state index in [1.807, 2.05) is 37.3 Å². The molecule has 0 spiro atoms. The van der Waals surface area contributed by atoms with Crippen molar-refractivity contribution in [1.82, 2.24) is 9.88 Å². The summed E-state index contributed by atoms with van der Waals surface area (Å²) in [6, 6.07) is 12.2. The van der Waals surface area contributed by atoms with Crippen LogP contribution in [0, 0.1) is 12.8 Å². The maximum atomic E-state index is 11.4. The fraction of sp³-hybridized carbons (Fsp3) is 0.400. The van der Waals surface area contributed by atoms with Crippen LogP contribution in [0.4, 0.5) is 5.82 Å². The molecule has 25 heavy (non-hydrogen) atoms. The zero-order valence-corrected chi connectivity index (χ0v) is 14.5. The number of aromatic nitrogens is 1. The van der Waals surface area contributed by atoms with Gasteiger partial charge in [-0.05, 0) is 49.6 Å². The molecule has 1 N–H and O–H groups in total. The van der Waals surface area contributed by atoms with E-state index in [1.54, 1.807) is 0 Å². The Bertz CT molecular complexity index is 790. The van der Waals surface area contributed by atoms with Crippen LogP contribution in [-0.2, 0) is 17.8 Å². The van der Waals surface area contributed by atoms with Gasteiger partial charge in [0.1, 0.15) is 11.6 Å². The zero-order valence-electron chi connectivity index (χ0n) is 14.5. The van der Waals surface area contributed by atoms with Gasteiger partial charge in [-0.25, -0.2) is 4.98 Å².